The topological polar surface area (TPSA) is 41.0 Å². The Balaban J connectivity index is 2.20. The van der Waals surface area contributed by atoms with E-state index >= 15 is 0 Å². The van der Waals surface area contributed by atoms with Gasteiger partial charge in [-0.25, -0.2) is 9.97 Å². The Bertz CT molecular complexity index is 374. The second-order valence-electron chi connectivity index (χ2n) is 4.87. The van der Waals surface area contributed by atoms with Gasteiger partial charge in [0.25, 0.3) is 0 Å². The molecule has 1 unspecified atom stereocenters. The fourth-order valence-corrected chi connectivity index (χ4v) is 2.66. The van der Waals surface area contributed by atoms with E-state index in [0.717, 1.165) is 35.8 Å². The number of nitrogens with one attached hydrogen (secondary N) is 1. The van der Waals surface area contributed by atoms with Crippen LogP contribution < -0.4 is 10.2 Å². The molecule has 0 aromatic carbocycles. The van der Waals surface area contributed by atoms with Crippen molar-refractivity contribution in [1.29, 1.82) is 0 Å². The molecule has 1 fully saturated rings. The third-order valence-corrected chi connectivity index (χ3v) is 4.02. The Morgan fingerprint density at radius 2 is 2.17 bits per heavy atom. The number of aromatic nitrogens is 2. The molecule has 100 valence electrons. The Hall–Kier alpha value is -0.970. The first-order valence-corrected chi connectivity index (χ1v) is 7.81. The van der Waals surface area contributed by atoms with Gasteiger partial charge in [0.15, 0.2) is 5.16 Å². The van der Waals surface area contributed by atoms with Gasteiger partial charge in [-0.2, -0.15) is 0 Å². The van der Waals surface area contributed by atoms with Crippen molar-refractivity contribution < 1.29 is 0 Å². The molecule has 1 saturated heterocycles. The molecule has 1 aromatic rings. The lowest BCUT2D eigenvalue weighted by molar-refractivity contribution is 0.521. The van der Waals surface area contributed by atoms with Crippen LogP contribution >= 0.6 is 11.8 Å². The van der Waals surface area contributed by atoms with Crippen molar-refractivity contribution in [2.24, 2.45) is 5.92 Å². The highest BCUT2D eigenvalue weighted by Gasteiger charge is 2.16. The van der Waals surface area contributed by atoms with E-state index in [1.54, 1.807) is 11.8 Å². The van der Waals surface area contributed by atoms with E-state index in [0.29, 0.717) is 0 Å². The minimum atomic E-state index is 0.834. The number of hydrogen-bond donors (Lipinski definition) is 1. The highest BCUT2D eigenvalue weighted by atomic mass is 32.2. The number of rotatable bonds is 3. The smallest absolute Gasteiger partial charge is 0.191 e. The molecule has 0 amide bonds. The predicted molar refractivity (Wildman–Crippen MR) is 78.6 cm³/mol. The lowest BCUT2D eigenvalue weighted by atomic mass is 10.0. The molecule has 0 bridgehead atoms. The van der Waals surface area contributed by atoms with Crippen LogP contribution in [-0.2, 0) is 0 Å². The number of hydrogen-bond acceptors (Lipinski definition) is 5. The van der Waals surface area contributed by atoms with Crippen LogP contribution in [0, 0.1) is 5.92 Å². The van der Waals surface area contributed by atoms with Gasteiger partial charge in [0.1, 0.15) is 11.6 Å². The first-order valence-electron chi connectivity index (χ1n) is 6.58. The van der Waals surface area contributed by atoms with Crippen molar-refractivity contribution in [3.8, 4) is 0 Å². The fraction of sp³-hybridized carbons (Fsp3) is 0.692. The van der Waals surface area contributed by atoms with Gasteiger partial charge < -0.3 is 10.2 Å². The summed E-state index contributed by atoms with van der Waals surface area (Å²) in [7, 11) is 1.90. The standard InChI is InChI=1S/C13H22N4S/c1-10-5-4-7-17(8-6-10)12-9-11(14-2)15-13(16-12)18-3/h9-10H,4-8H2,1-3H3,(H,14,15,16). The van der Waals surface area contributed by atoms with Gasteiger partial charge in [0, 0.05) is 26.2 Å². The maximum absolute atomic E-state index is 4.63. The zero-order valence-corrected chi connectivity index (χ0v) is 12.3. The summed E-state index contributed by atoms with van der Waals surface area (Å²) in [6.45, 7) is 4.56. The van der Waals surface area contributed by atoms with Crippen molar-refractivity contribution in [1.82, 2.24) is 9.97 Å². The van der Waals surface area contributed by atoms with E-state index in [4.69, 9.17) is 0 Å². The molecule has 1 N–H and O–H groups in total. The number of thioether (sulfide) groups is 1. The van der Waals surface area contributed by atoms with E-state index in [1.807, 2.05) is 13.3 Å². The minimum absolute atomic E-state index is 0.834. The van der Waals surface area contributed by atoms with Crippen molar-refractivity contribution in [2.45, 2.75) is 31.3 Å². The molecule has 1 aromatic heterocycles. The summed E-state index contributed by atoms with van der Waals surface area (Å²) in [5, 5.41) is 3.96. The van der Waals surface area contributed by atoms with Gasteiger partial charge in [-0.05, 0) is 31.4 Å². The van der Waals surface area contributed by atoms with Crippen LogP contribution in [0.25, 0.3) is 0 Å². The average molecular weight is 266 g/mol. The van der Waals surface area contributed by atoms with Crippen LogP contribution in [0.15, 0.2) is 11.2 Å². The van der Waals surface area contributed by atoms with Gasteiger partial charge in [0.05, 0.1) is 0 Å². The molecule has 0 saturated carbocycles. The van der Waals surface area contributed by atoms with Crippen LogP contribution in [0.5, 0.6) is 0 Å². The molecule has 2 rings (SSSR count). The van der Waals surface area contributed by atoms with Crippen LogP contribution in [0.4, 0.5) is 11.6 Å². The zero-order chi connectivity index (χ0) is 13.0. The molecular formula is C13H22N4S. The van der Waals surface area contributed by atoms with Crippen LogP contribution in [-0.4, -0.2) is 36.4 Å². The van der Waals surface area contributed by atoms with Crippen molar-refractivity contribution in [3.05, 3.63) is 6.07 Å². The Kier molecular flexibility index (Phi) is 4.69. The van der Waals surface area contributed by atoms with Crippen LogP contribution in [0.3, 0.4) is 0 Å². The second-order valence-corrected chi connectivity index (χ2v) is 5.64. The molecule has 18 heavy (non-hydrogen) atoms. The molecule has 0 radical (unpaired) electrons. The molecule has 2 heterocycles. The SMILES string of the molecule is CNc1cc(N2CCCC(C)CC2)nc(SC)n1. The number of anilines is 2. The highest BCUT2D eigenvalue weighted by molar-refractivity contribution is 7.98. The summed E-state index contributed by atoms with van der Waals surface area (Å²) in [6, 6.07) is 2.05. The van der Waals surface area contributed by atoms with Gasteiger partial charge in [-0.1, -0.05) is 18.7 Å². The minimum Gasteiger partial charge on any atom is -0.373 e. The van der Waals surface area contributed by atoms with Gasteiger partial charge in [0.2, 0.25) is 0 Å². The maximum Gasteiger partial charge on any atom is 0.191 e. The largest absolute Gasteiger partial charge is 0.373 e. The van der Waals surface area contributed by atoms with E-state index in [2.05, 4.69) is 33.2 Å². The normalized spacial score (nSPS) is 20.6. The van der Waals surface area contributed by atoms with Crippen LogP contribution in [0.1, 0.15) is 26.2 Å². The summed E-state index contributed by atoms with van der Waals surface area (Å²) in [4.78, 5) is 11.4. The molecule has 1 aliphatic rings. The lowest BCUT2D eigenvalue weighted by Gasteiger charge is -2.22. The number of nitrogens with zero attached hydrogens (tertiary/aromatic N) is 3. The monoisotopic (exact) mass is 266 g/mol. The molecule has 1 atom stereocenters. The molecule has 0 aliphatic carbocycles. The Labute approximate surface area is 114 Å². The summed E-state index contributed by atoms with van der Waals surface area (Å²) < 4.78 is 0. The first-order chi connectivity index (χ1) is 8.72. The van der Waals surface area contributed by atoms with Gasteiger partial charge in [-0.3, -0.25) is 0 Å². The lowest BCUT2D eigenvalue weighted by Crippen LogP contribution is -2.25. The maximum atomic E-state index is 4.63. The third-order valence-electron chi connectivity index (χ3n) is 3.47. The quantitative estimate of drug-likeness (QED) is 0.673. The highest BCUT2D eigenvalue weighted by Crippen LogP contribution is 2.24. The van der Waals surface area contributed by atoms with E-state index in [-0.39, 0.29) is 0 Å². The Morgan fingerprint density at radius 1 is 1.33 bits per heavy atom. The average Bonchev–Trinajstić information content (AvgIpc) is 2.63. The second kappa shape index (κ2) is 6.27. The summed E-state index contributed by atoms with van der Waals surface area (Å²) >= 11 is 1.59. The first kappa shape index (κ1) is 13.5. The van der Waals surface area contributed by atoms with Crippen molar-refractivity contribution in [3.63, 3.8) is 0 Å². The van der Waals surface area contributed by atoms with E-state index in [1.165, 1.54) is 19.3 Å². The van der Waals surface area contributed by atoms with Crippen molar-refractivity contribution in [2.75, 3.05) is 36.6 Å². The zero-order valence-electron chi connectivity index (χ0n) is 11.4. The third kappa shape index (κ3) is 3.28. The molecule has 5 heteroatoms. The molecule has 1 aliphatic heterocycles. The summed E-state index contributed by atoms with van der Waals surface area (Å²) in [6.07, 6.45) is 5.86. The van der Waals surface area contributed by atoms with Crippen molar-refractivity contribution >= 4 is 23.4 Å². The van der Waals surface area contributed by atoms with Gasteiger partial charge >= 0.3 is 0 Å². The molecular weight excluding hydrogens is 244 g/mol. The summed E-state index contributed by atoms with van der Waals surface area (Å²) in [5.74, 6) is 2.80. The van der Waals surface area contributed by atoms with Gasteiger partial charge in [-0.15, -0.1) is 0 Å². The van der Waals surface area contributed by atoms with E-state index in [9.17, 15) is 0 Å². The fourth-order valence-electron chi connectivity index (χ4n) is 2.29. The summed E-state index contributed by atoms with van der Waals surface area (Å²) in [5.41, 5.74) is 0. The predicted octanol–water partition coefficient (Wildman–Crippen LogP) is 2.87. The van der Waals surface area contributed by atoms with Crippen LogP contribution in [0.2, 0.25) is 0 Å². The molecule has 0 spiro atoms. The van der Waals surface area contributed by atoms with E-state index < -0.39 is 0 Å². The Morgan fingerprint density at radius 3 is 2.89 bits per heavy atom. The molecule has 4 nitrogen and oxygen atoms in total.